The number of nitrogens with one attached hydrogen (secondary N) is 1. The molecule has 1 fully saturated rings. The van der Waals surface area contributed by atoms with Crippen molar-refractivity contribution in [3.63, 3.8) is 0 Å². The summed E-state index contributed by atoms with van der Waals surface area (Å²) in [6.45, 7) is 3.41. The fourth-order valence-corrected chi connectivity index (χ4v) is 3.32. The summed E-state index contributed by atoms with van der Waals surface area (Å²) < 4.78 is 1.67. The maximum Gasteiger partial charge on any atom is 0.253 e. The van der Waals surface area contributed by atoms with E-state index in [9.17, 15) is 4.79 Å². The number of hydrogen-bond acceptors (Lipinski definition) is 5. The van der Waals surface area contributed by atoms with Gasteiger partial charge in [0.1, 0.15) is 6.33 Å². The lowest BCUT2D eigenvalue weighted by molar-refractivity contribution is 0.0715. The zero-order valence-electron chi connectivity index (χ0n) is 14.1. The monoisotopic (exact) mass is 336 g/mol. The van der Waals surface area contributed by atoms with Gasteiger partial charge in [0.25, 0.3) is 5.91 Å². The summed E-state index contributed by atoms with van der Waals surface area (Å²) in [5, 5.41) is 15.9. The third-order valence-corrected chi connectivity index (χ3v) is 4.48. The highest BCUT2D eigenvalue weighted by molar-refractivity contribution is 5.94. The van der Waals surface area contributed by atoms with Crippen molar-refractivity contribution in [1.82, 2.24) is 24.7 Å². The van der Waals surface area contributed by atoms with Crippen molar-refractivity contribution >= 4 is 17.2 Å². The third-order valence-electron chi connectivity index (χ3n) is 4.48. The number of aromatic nitrogens is 4. The molecule has 2 aromatic heterocycles. The Morgan fingerprint density at radius 3 is 2.96 bits per heavy atom. The van der Waals surface area contributed by atoms with Crippen molar-refractivity contribution < 1.29 is 4.79 Å². The zero-order valence-corrected chi connectivity index (χ0v) is 14.1. The quantitative estimate of drug-likeness (QED) is 0.793. The first-order valence-corrected chi connectivity index (χ1v) is 8.49. The second kappa shape index (κ2) is 6.51. The molecule has 1 aliphatic rings. The Labute approximate surface area is 145 Å². The van der Waals surface area contributed by atoms with Gasteiger partial charge in [0.15, 0.2) is 0 Å². The smallest absolute Gasteiger partial charge is 0.253 e. The van der Waals surface area contributed by atoms with E-state index in [1.165, 1.54) is 0 Å². The molecule has 7 heteroatoms. The van der Waals surface area contributed by atoms with Crippen LogP contribution in [0.25, 0.3) is 5.65 Å². The SMILES string of the molecule is Cc1cc(NC2CCCN(C(=O)c3ccccc3)C2)c2nncn2n1. The molecule has 0 saturated carbocycles. The second-order valence-electron chi connectivity index (χ2n) is 6.40. The van der Waals surface area contributed by atoms with Crippen LogP contribution in [0.2, 0.25) is 0 Å². The van der Waals surface area contributed by atoms with Crippen LogP contribution in [0.15, 0.2) is 42.7 Å². The van der Waals surface area contributed by atoms with Gasteiger partial charge in [-0.25, -0.2) is 0 Å². The van der Waals surface area contributed by atoms with Gasteiger partial charge in [-0.2, -0.15) is 9.61 Å². The van der Waals surface area contributed by atoms with E-state index in [0.29, 0.717) is 12.2 Å². The van der Waals surface area contributed by atoms with Crippen molar-refractivity contribution in [3.8, 4) is 0 Å². The van der Waals surface area contributed by atoms with Gasteiger partial charge in [0.2, 0.25) is 5.65 Å². The highest BCUT2D eigenvalue weighted by atomic mass is 16.2. The Morgan fingerprint density at radius 2 is 2.12 bits per heavy atom. The third kappa shape index (κ3) is 3.17. The minimum Gasteiger partial charge on any atom is -0.377 e. The fraction of sp³-hybridized carbons (Fsp3) is 0.333. The number of carbonyl (C=O) groups excluding carboxylic acids is 1. The second-order valence-corrected chi connectivity index (χ2v) is 6.40. The zero-order chi connectivity index (χ0) is 17.2. The molecule has 0 radical (unpaired) electrons. The van der Waals surface area contributed by atoms with Gasteiger partial charge in [0.05, 0.1) is 11.4 Å². The lowest BCUT2D eigenvalue weighted by Crippen LogP contribution is -2.45. The largest absolute Gasteiger partial charge is 0.377 e. The van der Waals surface area contributed by atoms with Crippen molar-refractivity contribution in [2.45, 2.75) is 25.8 Å². The fourth-order valence-electron chi connectivity index (χ4n) is 3.32. The minimum absolute atomic E-state index is 0.0885. The van der Waals surface area contributed by atoms with Crippen LogP contribution < -0.4 is 5.32 Å². The highest BCUT2D eigenvalue weighted by Gasteiger charge is 2.25. The Morgan fingerprint density at radius 1 is 1.28 bits per heavy atom. The number of benzene rings is 1. The minimum atomic E-state index is 0.0885. The normalized spacial score (nSPS) is 17.6. The summed E-state index contributed by atoms with van der Waals surface area (Å²) in [7, 11) is 0. The lowest BCUT2D eigenvalue weighted by Gasteiger charge is -2.33. The van der Waals surface area contributed by atoms with Gasteiger partial charge in [-0.1, -0.05) is 18.2 Å². The Hall–Kier alpha value is -2.96. The lowest BCUT2D eigenvalue weighted by atomic mass is 10.0. The van der Waals surface area contributed by atoms with Crippen LogP contribution in [-0.4, -0.2) is 49.7 Å². The maximum atomic E-state index is 12.7. The first-order chi connectivity index (χ1) is 12.2. The Balaban J connectivity index is 1.51. The van der Waals surface area contributed by atoms with Gasteiger partial charge in [-0.15, -0.1) is 10.2 Å². The van der Waals surface area contributed by atoms with E-state index in [1.54, 1.807) is 10.8 Å². The van der Waals surface area contributed by atoms with E-state index in [4.69, 9.17) is 0 Å². The maximum absolute atomic E-state index is 12.7. The summed E-state index contributed by atoms with van der Waals surface area (Å²) in [5.41, 5.74) is 3.24. The Kier molecular flexibility index (Phi) is 4.05. The van der Waals surface area contributed by atoms with Crippen molar-refractivity contribution in [3.05, 3.63) is 54.0 Å². The number of nitrogens with zero attached hydrogens (tertiary/aromatic N) is 5. The molecular formula is C18H20N6O. The number of fused-ring (bicyclic) bond motifs is 1. The molecule has 1 atom stereocenters. The molecule has 1 saturated heterocycles. The van der Waals surface area contributed by atoms with E-state index < -0.39 is 0 Å². The van der Waals surface area contributed by atoms with E-state index >= 15 is 0 Å². The predicted molar refractivity (Wildman–Crippen MR) is 94.5 cm³/mol. The molecule has 128 valence electrons. The number of likely N-dealkylation sites (tertiary alicyclic amines) is 1. The standard InChI is InChI=1S/C18H20N6O/c1-13-10-16(17-21-19-12-24(17)22-13)20-15-8-5-9-23(11-15)18(25)14-6-3-2-4-7-14/h2-4,6-7,10,12,15,20H,5,8-9,11H2,1H3. The van der Waals surface area contributed by atoms with Crippen LogP contribution in [0.1, 0.15) is 28.9 Å². The Bertz CT molecular complexity index is 891. The number of rotatable bonds is 3. The van der Waals surface area contributed by atoms with Crippen molar-refractivity contribution in [2.75, 3.05) is 18.4 Å². The number of amides is 1. The molecule has 3 heterocycles. The molecular weight excluding hydrogens is 316 g/mol. The number of carbonyl (C=O) groups is 1. The average Bonchev–Trinajstić information content (AvgIpc) is 3.10. The summed E-state index contributed by atoms with van der Waals surface area (Å²) >= 11 is 0. The predicted octanol–water partition coefficient (Wildman–Crippen LogP) is 2.15. The molecule has 0 spiro atoms. The first kappa shape index (κ1) is 15.6. The summed E-state index contributed by atoms with van der Waals surface area (Å²) in [6, 6.07) is 11.6. The summed E-state index contributed by atoms with van der Waals surface area (Å²) in [4.78, 5) is 14.6. The highest BCUT2D eigenvalue weighted by Crippen LogP contribution is 2.21. The van der Waals surface area contributed by atoms with Gasteiger partial charge >= 0.3 is 0 Å². The van der Waals surface area contributed by atoms with Crippen LogP contribution in [0, 0.1) is 6.92 Å². The number of hydrogen-bond donors (Lipinski definition) is 1. The van der Waals surface area contributed by atoms with Crippen LogP contribution in [-0.2, 0) is 0 Å². The number of anilines is 1. The van der Waals surface area contributed by atoms with Gasteiger partial charge in [-0.05, 0) is 38.0 Å². The van der Waals surface area contributed by atoms with Gasteiger partial charge in [0, 0.05) is 24.7 Å². The molecule has 1 aliphatic heterocycles. The molecule has 0 aliphatic carbocycles. The molecule has 1 unspecified atom stereocenters. The summed E-state index contributed by atoms with van der Waals surface area (Å²) in [6.07, 6.45) is 3.59. The van der Waals surface area contributed by atoms with Crippen LogP contribution in [0.5, 0.6) is 0 Å². The van der Waals surface area contributed by atoms with Crippen molar-refractivity contribution in [2.24, 2.45) is 0 Å². The molecule has 25 heavy (non-hydrogen) atoms. The van der Waals surface area contributed by atoms with Gasteiger partial charge < -0.3 is 10.2 Å². The molecule has 1 aromatic carbocycles. The molecule has 7 nitrogen and oxygen atoms in total. The average molecular weight is 336 g/mol. The topological polar surface area (TPSA) is 75.4 Å². The van der Waals surface area contributed by atoms with E-state index in [-0.39, 0.29) is 11.9 Å². The summed E-state index contributed by atoms with van der Waals surface area (Å²) in [5.74, 6) is 0.0885. The molecule has 3 aromatic rings. The van der Waals surface area contributed by atoms with Crippen LogP contribution in [0.4, 0.5) is 5.69 Å². The van der Waals surface area contributed by atoms with Gasteiger partial charge in [-0.3, -0.25) is 4.79 Å². The molecule has 1 N–H and O–H groups in total. The van der Waals surface area contributed by atoms with E-state index in [0.717, 1.165) is 36.3 Å². The number of aryl methyl sites for hydroxylation is 1. The van der Waals surface area contributed by atoms with Crippen LogP contribution >= 0.6 is 0 Å². The number of piperidine rings is 1. The van der Waals surface area contributed by atoms with E-state index in [2.05, 4.69) is 20.6 Å². The van der Waals surface area contributed by atoms with Crippen LogP contribution in [0.3, 0.4) is 0 Å². The van der Waals surface area contributed by atoms with E-state index in [1.807, 2.05) is 48.2 Å². The van der Waals surface area contributed by atoms with Crippen molar-refractivity contribution in [1.29, 1.82) is 0 Å². The molecule has 4 rings (SSSR count). The first-order valence-electron chi connectivity index (χ1n) is 8.49. The molecule has 1 amide bonds. The molecule has 0 bridgehead atoms.